The standard InChI is InChI=1S/C37H43N7O5S/c1-23-11-9-12-24(2)33(23)29-19-32-41-36(40-29)42-50(47,48)28-15-10-13-25(17-28)35(46)44(27(22-49-32)14-7-8-16-45)21-26-20-38-30-18-31(37(3,4)5)43(6)34(30)39-26/h9-13,15,17-20,27,45H,7-8,14,16,21-22H2,1-6H3,(H,40,41,42)/t27-/m1/s1. The average molecular weight is 698 g/mol. The molecule has 4 bridgehead atoms. The SMILES string of the molecule is Cc1cccc(C)c1-c1cc2nc(n1)NS(=O)(=O)c1cccc(c1)C(=O)N(Cc1cnc3cc(C(C)(C)C)n(C)c3n1)[C@H](CCCCO)CO2. The Morgan fingerprint density at radius 3 is 2.46 bits per heavy atom. The first-order valence-electron chi connectivity index (χ1n) is 16.7. The maximum absolute atomic E-state index is 14.5. The molecule has 0 radical (unpaired) electrons. The molecule has 0 saturated carbocycles. The molecule has 0 saturated heterocycles. The maximum atomic E-state index is 14.5. The number of hydrogen-bond acceptors (Lipinski definition) is 9. The van der Waals surface area contributed by atoms with Crippen LogP contribution in [0.15, 0.2) is 65.7 Å². The van der Waals surface area contributed by atoms with E-state index in [9.17, 15) is 18.3 Å². The van der Waals surface area contributed by atoms with Gasteiger partial charge in [0.25, 0.3) is 15.9 Å². The number of nitrogens with zero attached hydrogens (tertiary/aromatic N) is 6. The fourth-order valence-electron chi connectivity index (χ4n) is 6.48. The predicted molar refractivity (Wildman–Crippen MR) is 191 cm³/mol. The molecule has 1 atom stereocenters. The summed E-state index contributed by atoms with van der Waals surface area (Å²) in [7, 11) is -2.24. The first-order valence-corrected chi connectivity index (χ1v) is 18.2. The van der Waals surface area contributed by atoms with Crippen LogP contribution in [0.4, 0.5) is 5.95 Å². The van der Waals surface area contributed by atoms with Crippen molar-refractivity contribution in [1.82, 2.24) is 29.4 Å². The summed E-state index contributed by atoms with van der Waals surface area (Å²) in [6.45, 7) is 10.5. The second-order valence-corrected chi connectivity index (χ2v) is 15.5. The van der Waals surface area contributed by atoms with Crippen LogP contribution in [0, 0.1) is 13.8 Å². The Morgan fingerprint density at radius 1 is 1.00 bits per heavy atom. The van der Waals surface area contributed by atoms with Crippen molar-refractivity contribution < 1.29 is 23.1 Å². The molecule has 1 amide bonds. The van der Waals surface area contributed by atoms with E-state index in [1.807, 2.05) is 49.7 Å². The summed E-state index contributed by atoms with van der Waals surface area (Å²) in [6.07, 6.45) is 3.32. The van der Waals surface area contributed by atoms with Gasteiger partial charge < -0.3 is 19.3 Å². The molecule has 4 heterocycles. The smallest absolute Gasteiger partial charge is 0.264 e. The van der Waals surface area contributed by atoms with Gasteiger partial charge in [-0.25, -0.2) is 23.1 Å². The van der Waals surface area contributed by atoms with Crippen molar-refractivity contribution in [2.45, 2.75) is 76.8 Å². The number of aryl methyl sites for hydroxylation is 3. The molecular weight excluding hydrogens is 655 g/mol. The molecular formula is C37H43N7O5S. The van der Waals surface area contributed by atoms with Crippen LogP contribution in [0.2, 0.25) is 0 Å². The van der Waals surface area contributed by atoms with Gasteiger partial charge in [-0.05, 0) is 68.5 Å². The lowest BCUT2D eigenvalue weighted by atomic mass is 9.92. The number of rotatable bonds is 7. The number of nitrogens with one attached hydrogen (secondary N) is 1. The van der Waals surface area contributed by atoms with Gasteiger partial charge in [0.15, 0.2) is 5.65 Å². The zero-order valence-corrected chi connectivity index (χ0v) is 30.1. The number of unbranched alkanes of at least 4 members (excludes halogenated alkanes) is 1. The van der Waals surface area contributed by atoms with Crippen LogP contribution >= 0.6 is 0 Å². The highest BCUT2D eigenvalue weighted by Crippen LogP contribution is 2.31. The number of amides is 1. The van der Waals surface area contributed by atoms with E-state index in [-0.39, 0.29) is 47.5 Å². The largest absolute Gasteiger partial charge is 0.475 e. The topological polar surface area (TPSA) is 152 Å². The van der Waals surface area contributed by atoms with Crippen molar-refractivity contribution in [3.8, 4) is 17.1 Å². The van der Waals surface area contributed by atoms with Crippen LogP contribution in [0.5, 0.6) is 5.88 Å². The number of carbonyl (C=O) groups excluding carboxylic acids is 1. The third-order valence-electron chi connectivity index (χ3n) is 9.01. The number of ether oxygens (including phenoxy) is 1. The third kappa shape index (κ3) is 7.19. The number of carbonyl (C=O) groups is 1. The van der Waals surface area contributed by atoms with Gasteiger partial charge in [0.05, 0.1) is 35.1 Å². The Morgan fingerprint density at radius 2 is 1.74 bits per heavy atom. The molecule has 0 aliphatic carbocycles. The molecule has 13 heteroatoms. The second kappa shape index (κ2) is 13.8. The first-order chi connectivity index (χ1) is 23.7. The number of benzene rings is 2. The van der Waals surface area contributed by atoms with Crippen molar-refractivity contribution in [1.29, 1.82) is 0 Å². The molecule has 6 rings (SSSR count). The van der Waals surface area contributed by atoms with E-state index < -0.39 is 22.0 Å². The summed E-state index contributed by atoms with van der Waals surface area (Å²) in [6, 6.07) is 15.0. The van der Waals surface area contributed by atoms with Gasteiger partial charge in [-0.2, -0.15) is 4.98 Å². The zero-order chi connectivity index (χ0) is 35.8. The Labute approximate surface area is 292 Å². The highest BCUT2D eigenvalue weighted by Gasteiger charge is 2.30. The summed E-state index contributed by atoms with van der Waals surface area (Å²) in [5.74, 6) is -0.386. The van der Waals surface area contributed by atoms with Gasteiger partial charge in [0, 0.05) is 42.0 Å². The number of aliphatic hydroxyl groups excluding tert-OH is 1. The van der Waals surface area contributed by atoms with Gasteiger partial charge in [0.2, 0.25) is 11.8 Å². The van der Waals surface area contributed by atoms with Crippen LogP contribution in [-0.4, -0.2) is 68.1 Å². The lowest BCUT2D eigenvalue weighted by Crippen LogP contribution is -2.43. The van der Waals surface area contributed by atoms with Crippen LogP contribution < -0.4 is 9.46 Å². The van der Waals surface area contributed by atoms with Gasteiger partial charge in [-0.15, -0.1) is 0 Å². The molecule has 3 aromatic heterocycles. The second-order valence-electron chi connectivity index (χ2n) is 13.8. The lowest BCUT2D eigenvalue weighted by Gasteiger charge is -2.32. The molecule has 2 N–H and O–H groups in total. The number of aromatic nitrogens is 5. The van der Waals surface area contributed by atoms with E-state index >= 15 is 0 Å². The number of hydrogen-bond donors (Lipinski definition) is 2. The molecule has 1 aliphatic rings. The van der Waals surface area contributed by atoms with Crippen LogP contribution in [0.1, 0.15) is 72.9 Å². The molecule has 2 aromatic carbocycles. The van der Waals surface area contributed by atoms with Gasteiger partial charge in [-0.3, -0.25) is 9.78 Å². The Kier molecular flexibility index (Phi) is 9.65. The summed E-state index contributed by atoms with van der Waals surface area (Å²) in [5, 5.41) is 9.62. The quantitative estimate of drug-likeness (QED) is 0.204. The van der Waals surface area contributed by atoms with Crippen LogP contribution in [0.3, 0.4) is 0 Å². The van der Waals surface area contributed by atoms with Crippen molar-refractivity contribution in [2.24, 2.45) is 7.05 Å². The van der Waals surface area contributed by atoms with Crippen molar-refractivity contribution >= 4 is 33.0 Å². The van der Waals surface area contributed by atoms with E-state index in [4.69, 9.17) is 14.7 Å². The summed E-state index contributed by atoms with van der Waals surface area (Å²) in [5.41, 5.74) is 6.41. The summed E-state index contributed by atoms with van der Waals surface area (Å²) >= 11 is 0. The molecule has 0 spiro atoms. The van der Waals surface area contributed by atoms with Crippen molar-refractivity contribution in [3.05, 3.63) is 88.9 Å². The zero-order valence-electron chi connectivity index (χ0n) is 29.3. The number of aliphatic hydroxyl groups is 1. The highest BCUT2D eigenvalue weighted by atomic mass is 32.2. The van der Waals surface area contributed by atoms with Gasteiger partial charge in [0.1, 0.15) is 12.1 Å². The molecule has 0 unspecified atom stereocenters. The summed E-state index contributed by atoms with van der Waals surface area (Å²) < 4.78 is 38.3. The van der Waals surface area contributed by atoms with E-state index in [0.29, 0.717) is 36.3 Å². The fourth-order valence-corrected chi connectivity index (χ4v) is 7.47. The predicted octanol–water partition coefficient (Wildman–Crippen LogP) is 5.71. The molecule has 50 heavy (non-hydrogen) atoms. The van der Waals surface area contributed by atoms with Crippen molar-refractivity contribution in [3.63, 3.8) is 0 Å². The average Bonchev–Trinajstić information content (AvgIpc) is 3.40. The van der Waals surface area contributed by atoms with E-state index in [0.717, 1.165) is 27.9 Å². The highest BCUT2D eigenvalue weighted by molar-refractivity contribution is 7.92. The van der Waals surface area contributed by atoms with Crippen molar-refractivity contribution in [2.75, 3.05) is 17.9 Å². The Balaban J connectivity index is 1.47. The first kappa shape index (κ1) is 35.0. The molecule has 262 valence electrons. The monoisotopic (exact) mass is 697 g/mol. The number of anilines is 1. The Hall–Kier alpha value is -4.88. The molecule has 5 aromatic rings. The number of sulfonamides is 1. The Bertz CT molecular complexity index is 2150. The minimum Gasteiger partial charge on any atom is -0.475 e. The van der Waals surface area contributed by atoms with E-state index in [1.165, 1.54) is 12.1 Å². The molecule has 0 fully saturated rings. The van der Waals surface area contributed by atoms with E-state index in [1.54, 1.807) is 29.3 Å². The molecule has 1 aliphatic heterocycles. The van der Waals surface area contributed by atoms with Gasteiger partial charge in [-0.1, -0.05) is 45.0 Å². The van der Waals surface area contributed by atoms with Crippen LogP contribution in [-0.2, 0) is 29.0 Å². The number of fused-ring (bicyclic) bond motifs is 5. The lowest BCUT2D eigenvalue weighted by molar-refractivity contribution is 0.0564. The minimum absolute atomic E-state index is 0.00719. The summed E-state index contributed by atoms with van der Waals surface area (Å²) in [4.78, 5) is 34.7. The van der Waals surface area contributed by atoms with E-state index in [2.05, 4.69) is 35.5 Å². The minimum atomic E-state index is -4.20. The maximum Gasteiger partial charge on any atom is 0.264 e. The fraction of sp³-hybridized carbons (Fsp3) is 0.378. The van der Waals surface area contributed by atoms with Gasteiger partial charge >= 0.3 is 0 Å². The third-order valence-corrected chi connectivity index (χ3v) is 10.3. The molecule has 12 nitrogen and oxygen atoms in total. The van der Waals surface area contributed by atoms with Crippen LogP contribution in [0.25, 0.3) is 22.4 Å². The normalized spacial score (nSPS) is 16.3.